The first-order valence-corrected chi connectivity index (χ1v) is 8.56. The van der Waals surface area contributed by atoms with E-state index in [4.69, 9.17) is 0 Å². The van der Waals surface area contributed by atoms with Crippen LogP contribution in [0.15, 0.2) is 31.0 Å². The minimum atomic E-state index is 0.588. The molecule has 1 aliphatic heterocycles. The highest BCUT2D eigenvalue weighted by Crippen LogP contribution is 2.19. The molecule has 6 nitrogen and oxygen atoms in total. The summed E-state index contributed by atoms with van der Waals surface area (Å²) in [6.45, 7) is 7.09. The second kappa shape index (κ2) is 8.17. The van der Waals surface area contributed by atoms with Gasteiger partial charge in [0, 0.05) is 49.8 Å². The van der Waals surface area contributed by atoms with E-state index in [1.54, 1.807) is 6.33 Å². The molecule has 124 valence electrons. The van der Waals surface area contributed by atoms with E-state index in [0.717, 1.165) is 32.7 Å². The molecule has 0 spiro atoms. The third-order valence-corrected chi connectivity index (χ3v) is 4.53. The van der Waals surface area contributed by atoms with Gasteiger partial charge in [-0.15, -0.1) is 0 Å². The zero-order chi connectivity index (χ0) is 15.9. The van der Waals surface area contributed by atoms with Gasteiger partial charge in [0.15, 0.2) is 0 Å². The third-order valence-electron chi connectivity index (χ3n) is 4.53. The average molecular weight is 314 g/mol. The van der Waals surface area contributed by atoms with Crippen LogP contribution in [0.4, 0.5) is 0 Å². The van der Waals surface area contributed by atoms with Crippen molar-refractivity contribution in [1.29, 1.82) is 0 Å². The van der Waals surface area contributed by atoms with E-state index in [1.165, 1.54) is 30.5 Å². The summed E-state index contributed by atoms with van der Waals surface area (Å²) in [4.78, 5) is 10.9. The van der Waals surface area contributed by atoms with Crippen LogP contribution >= 0.6 is 0 Å². The molecule has 0 bridgehead atoms. The summed E-state index contributed by atoms with van der Waals surface area (Å²) < 4.78 is 2.09. The fraction of sp³-hybridized carbons (Fsp3) is 0.588. The minimum Gasteiger partial charge on any atom is -0.317 e. The monoisotopic (exact) mass is 314 g/mol. The summed E-state index contributed by atoms with van der Waals surface area (Å²) in [5.41, 5.74) is 2.45. The number of rotatable bonds is 6. The molecule has 0 saturated carbocycles. The van der Waals surface area contributed by atoms with Crippen molar-refractivity contribution in [3.63, 3.8) is 0 Å². The summed E-state index contributed by atoms with van der Waals surface area (Å²) >= 11 is 0. The minimum absolute atomic E-state index is 0.588. The fourth-order valence-corrected chi connectivity index (χ4v) is 3.31. The van der Waals surface area contributed by atoms with E-state index >= 15 is 0 Å². The zero-order valence-corrected chi connectivity index (χ0v) is 13.9. The molecule has 0 aromatic carbocycles. The predicted octanol–water partition coefficient (Wildman–Crippen LogP) is 1.84. The first-order chi connectivity index (χ1) is 11.4. The maximum absolute atomic E-state index is 4.41. The number of nitrogens with zero attached hydrogens (tertiary/aromatic N) is 5. The number of hydrogen-bond donors (Lipinski definition) is 1. The van der Waals surface area contributed by atoms with Gasteiger partial charge in [0.1, 0.15) is 6.33 Å². The van der Waals surface area contributed by atoms with E-state index < -0.39 is 0 Å². The smallest absolute Gasteiger partial charge is 0.115 e. The quantitative estimate of drug-likeness (QED) is 0.881. The Hall–Kier alpha value is -1.79. The molecule has 0 radical (unpaired) electrons. The van der Waals surface area contributed by atoms with E-state index in [-0.39, 0.29) is 0 Å². The van der Waals surface area contributed by atoms with Crippen LogP contribution in [0.1, 0.15) is 37.4 Å². The van der Waals surface area contributed by atoms with Gasteiger partial charge in [-0.1, -0.05) is 0 Å². The Morgan fingerprint density at radius 3 is 2.91 bits per heavy atom. The molecule has 3 heterocycles. The standard InChI is InChI=1S/C17H26N6/c1-2-23-17(6-9-21-23)13-22(12-15-10-19-14-20-11-15)16-4-3-7-18-8-5-16/h6,9-11,14,16,18H,2-5,7-8,12-13H2,1H3/t16-/m0/s1. The highest BCUT2D eigenvalue weighted by Gasteiger charge is 2.21. The molecular weight excluding hydrogens is 288 g/mol. The topological polar surface area (TPSA) is 58.9 Å². The van der Waals surface area contributed by atoms with Crippen molar-refractivity contribution in [2.24, 2.45) is 0 Å². The Morgan fingerprint density at radius 2 is 2.09 bits per heavy atom. The van der Waals surface area contributed by atoms with Gasteiger partial charge in [0.25, 0.3) is 0 Å². The number of nitrogens with one attached hydrogen (secondary N) is 1. The Morgan fingerprint density at radius 1 is 1.22 bits per heavy atom. The summed E-state index contributed by atoms with van der Waals surface area (Å²) in [6, 6.07) is 2.72. The lowest BCUT2D eigenvalue weighted by Gasteiger charge is -2.31. The van der Waals surface area contributed by atoms with Crippen molar-refractivity contribution in [2.45, 2.75) is 51.9 Å². The molecule has 0 aliphatic carbocycles. The lowest BCUT2D eigenvalue weighted by molar-refractivity contribution is 0.159. The summed E-state index contributed by atoms with van der Waals surface area (Å²) in [5.74, 6) is 0. The molecule has 2 aromatic heterocycles. The first-order valence-electron chi connectivity index (χ1n) is 8.56. The molecule has 1 N–H and O–H groups in total. The number of aromatic nitrogens is 4. The van der Waals surface area contributed by atoms with Crippen molar-refractivity contribution in [3.8, 4) is 0 Å². The van der Waals surface area contributed by atoms with Crippen LogP contribution < -0.4 is 5.32 Å². The highest BCUT2D eigenvalue weighted by atomic mass is 15.3. The number of aryl methyl sites for hydroxylation is 1. The second-order valence-corrected chi connectivity index (χ2v) is 6.12. The molecule has 0 unspecified atom stereocenters. The van der Waals surface area contributed by atoms with Crippen LogP contribution in [0.25, 0.3) is 0 Å². The maximum Gasteiger partial charge on any atom is 0.115 e. The van der Waals surface area contributed by atoms with Crippen LogP contribution in [-0.2, 0) is 19.6 Å². The van der Waals surface area contributed by atoms with E-state index in [1.807, 2.05) is 18.6 Å². The highest BCUT2D eigenvalue weighted by molar-refractivity contribution is 5.05. The Bertz CT molecular complexity index is 574. The normalized spacial score (nSPS) is 19.0. The van der Waals surface area contributed by atoms with E-state index in [9.17, 15) is 0 Å². The lowest BCUT2D eigenvalue weighted by atomic mass is 10.1. The molecule has 2 aromatic rings. The van der Waals surface area contributed by atoms with Crippen LogP contribution in [-0.4, -0.2) is 43.8 Å². The zero-order valence-electron chi connectivity index (χ0n) is 13.9. The largest absolute Gasteiger partial charge is 0.317 e. The molecule has 3 rings (SSSR count). The maximum atomic E-state index is 4.41. The van der Waals surface area contributed by atoms with Gasteiger partial charge in [-0.05, 0) is 45.3 Å². The van der Waals surface area contributed by atoms with Gasteiger partial charge in [-0.25, -0.2) is 9.97 Å². The van der Waals surface area contributed by atoms with Crippen molar-refractivity contribution < 1.29 is 0 Å². The van der Waals surface area contributed by atoms with Crippen molar-refractivity contribution >= 4 is 0 Å². The van der Waals surface area contributed by atoms with Gasteiger partial charge in [0.2, 0.25) is 0 Å². The molecule has 1 atom stereocenters. The van der Waals surface area contributed by atoms with Crippen molar-refractivity contribution in [1.82, 2.24) is 30.0 Å². The molecular formula is C17H26N6. The van der Waals surface area contributed by atoms with E-state index in [2.05, 4.69) is 43.0 Å². The van der Waals surface area contributed by atoms with Gasteiger partial charge < -0.3 is 5.32 Å². The predicted molar refractivity (Wildman–Crippen MR) is 89.7 cm³/mol. The molecule has 0 amide bonds. The summed E-state index contributed by atoms with van der Waals surface area (Å²) in [5, 5.41) is 7.92. The summed E-state index contributed by atoms with van der Waals surface area (Å²) in [7, 11) is 0. The van der Waals surface area contributed by atoms with Crippen LogP contribution in [0.2, 0.25) is 0 Å². The van der Waals surface area contributed by atoms with E-state index in [0.29, 0.717) is 6.04 Å². The fourth-order valence-electron chi connectivity index (χ4n) is 3.31. The Balaban J connectivity index is 1.77. The second-order valence-electron chi connectivity index (χ2n) is 6.12. The van der Waals surface area contributed by atoms with Crippen LogP contribution in [0, 0.1) is 0 Å². The third kappa shape index (κ3) is 4.36. The average Bonchev–Trinajstić information content (AvgIpc) is 2.86. The summed E-state index contributed by atoms with van der Waals surface area (Å²) in [6.07, 6.45) is 11.0. The van der Waals surface area contributed by atoms with Crippen LogP contribution in [0.3, 0.4) is 0 Å². The Kier molecular flexibility index (Phi) is 5.71. The molecule has 1 fully saturated rings. The molecule has 23 heavy (non-hydrogen) atoms. The van der Waals surface area contributed by atoms with Gasteiger partial charge in [-0.2, -0.15) is 5.10 Å². The van der Waals surface area contributed by atoms with Gasteiger partial charge in [-0.3, -0.25) is 9.58 Å². The first kappa shape index (κ1) is 16.1. The van der Waals surface area contributed by atoms with Crippen molar-refractivity contribution in [2.75, 3.05) is 13.1 Å². The van der Waals surface area contributed by atoms with Gasteiger partial charge in [0.05, 0.1) is 5.69 Å². The molecule has 6 heteroatoms. The van der Waals surface area contributed by atoms with Crippen molar-refractivity contribution in [3.05, 3.63) is 42.2 Å². The lowest BCUT2D eigenvalue weighted by Crippen LogP contribution is -2.35. The number of hydrogen-bond acceptors (Lipinski definition) is 5. The van der Waals surface area contributed by atoms with Crippen LogP contribution in [0.5, 0.6) is 0 Å². The van der Waals surface area contributed by atoms with Gasteiger partial charge >= 0.3 is 0 Å². The SMILES string of the molecule is CCn1nccc1CN(Cc1cncnc1)[C@H]1CCCNCC1. The Labute approximate surface area is 137 Å². The molecule has 1 aliphatic rings. The molecule has 1 saturated heterocycles.